The van der Waals surface area contributed by atoms with Gasteiger partial charge in [0.1, 0.15) is 5.82 Å². The average Bonchev–Trinajstić information content (AvgIpc) is 2.58. The van der Waals surface area contributed by atoms with E-state index in [9.17, 15) is 9.18 Å². The molecule has 0 radical (unpaired) electrons. The van der Waals surface area contributed by atoms with Gasteiger partial charge in [-0.15, -0.1) is 0 Å². The summed E-state index contributed by atoms with van der Waals surface area (Å²) < 4.78 is 13.7. The average molecular weight is 273 g/mol. The molecule has 1 aliphatic rings. The first kappa shape index (κ1) is 10.4. The van der Waals surface area contributed by atoms with Gasteiger partial charge in [0.15, 0.2) is 0 Å². The molecule has 1 aliphatic heterocycles. The van der Waals surface area contributed by atoms with Crippen molar-refractivity contribution in [3.8, 4) is 0 Å². The summed E-state index contributed by atoms with van der Waals surface area (Å²) >= 11 is 3.18. The molecule has 1 amide bonds. The molecular weight excluding hydrogens is 263 g/mol. The fourth-order valence-electron chi connectivity index (χ4n) is 1.74. The maximum Gasteiger partial charge on any atom is 0.220 e. The Morgan fingerprint density at radius 3 is 2.87 bits per heavy atom. The Bertz CT molecular complexity index is 422. The number of carbonyl (C=O) groups is 1. The van der Waals surface area contributed by atoms with Gasteiger partial charge in [-0.3, -0.25) is 4.79 Å². The topological polar surface area (TPSA) is 55.1 Å². The third-order valence-corrected chi connectivity index (χ3v) is 3.15. The van der Waals surface area contributed by atoms with Crippen molar-refractivity contribution < 1.29 is 9.18 Å². The van der Waals surface area contributed by atoms with Crippen molar-refractivity contribution in [3.63, 3.8) is 0 Å². The second-order valence-corrected chi connectivity index (χ2v) is 4.40. The van der Waals surface area contributed by atoms with Crippen LogP contribution in [0.3, 0.4) is 0 Å². The van der Waals surface area contributed by atoms with E-state index in [1.807, 2.05) is 0 Å². The number of nitrogens with one attached hydrogen (secondary N) is 1. The van der Waals surface area contributed by atoms with Gasteiger partial charge in [0.25, 0.3) is 0 Å². The lowest BCUT2D eigenvalue weighted by Crippen LogP contribution is -2.19. The lowest BCUT2D eigenvalue weighted by molar-refractivity contribution is -0.119. The molecule has 0 spiro atoms. The summed E-state index contributed by atoms with van der Waals surface area (Å²) in [6, 6.07) is 2.52. The van der Waals surface area contributed by atoms with E-state index in [1.165, 1.54) is 12.1 Å². The van der Waals surface area contributed by atoms with Crippen LogP contribution in [0.25, 0.3) is 0 Å². The molecule has 1 saturated heterocycles. The summed E-state index contributed by atoms with van der Waals surface area (Å²) in [7, 11) is 0. The minimum absolute atomic E-state index is 0.0141. The summed E-state index contributed by atoms with van der Waals surface area (Å²) in [5.74, 6) is -0.369. The standard InChI is InChI=1S/C10H10BrFN2O/c11-7-4-5(12)3-6(10(7)13)8-1-2-9(15)14-8/h3-4,8H,1-2,13H2,(H,14,15)/t8-/m1/s1. The third-order valence-electron chi connectivity index (χ3n) is 2.50. The number of carbonyl (C=O) groups excluding carboxylic acids is 1. The lowest BCUT2D eigenvalue weighted by atomic mass is 10.0. The number of halogens is 2. The Kier molecular flexibility index (Phi) is 2.65. The van der Waals surface area contributed by atoms with Crippen LogP contribution in [0.15, 0.2) is 16.6 Å². The van der Waals surface area contributed by atoms with Crippen LogP contribution in [-0.2, 0) is 4.79 Å². The van der Waals surface area contributed by atoms with Crippen LogP contribution in [0, 0.1) is 5.82 Å². The van der Waals surface area contributed by atoms with E-state index in [-0.39, 0.29) is 17.8 Å². The first-order valence-corrected chi connectivity index (χ1v) is 5.41. The molecule has 0 aromatic heterocycles. The second-order valence-electron chi connectivity index (χ2n) is 3.55. The van der Waals surface area contributed by atoms with Crippen LogP contribution in [0.5, 0.6) is 0 Å². The van der Waals surface area contributed by atoms with Gasteiger partial charge < -0.3 is 11.1 Å². The highest BCUT2D eigenvalue weighted by molar-refractivity contribution is 9.10. The van der Waals surface area contributed by atoms with E-state index in [0.29, 0.717) is 28.6 Å². The first-order valence-electron chi connectivity index (χ1n) is 4.61. The molecule has 1 fully saturated rings. The first-order chi connectivity index (χ1) is 7.08. The highest BCUT2D eigenvalue weighted by Gasteiger charge is 2.25. The molecule has 5 heteroatoms. The van der Waals surface area contributed by atoms with E-state index in [4.69, 9.17) is 5.73 Å². The normalized spacial score (nSPS) is 20.4. The van der Waals surface area contributed by atoms with Gasteiger partial charge in [-0.2, -0.15) is 0 Å². The minimum atomic E-state index is -0.354. The van der Waals surface area contributed by atoms with Crippen LogP contribution >= 0.6 is 15.9 Å². The summed E-state index contributed by atoms with van der Waals surface area (Å²) in [5.41, 5.74) is 6.95. The lowest BCUT2D eigenvalue weighted by Gasteiger charge is -2.14. The van der Waals surface area contributed by atoms with Gasteiger partial charge in [-0.1, -0.05) is 0 Å². The number of rotatable bonds is 1. The molecule has 80 valence electrons. The molecule has 2 rings (SSSR count). The molecule has 1 heterocycles. The summed E-state index contributed by atoms with van der Waals surface area (Å²) in [6.07, 6.45) is 1.14. The molecule has 0 saturated carbocycles. The number of benzene rings is 1. The van der Waals surface area contributed by atoms with Gasteiger partial charge in [-0.05, 0) is 34.5 Å². The van der Waals surface area contributed by atoms with Crippen molar-refractivity contribution in [2.45, 2.75) is 18.9 Å². The van der Waals surface area contributed by atoms with Crippen LogP contribution in [0.4, 0.5) is 10.1 Å². The summed E-state index contributed by atoms with van der Waals surface area (Å²) in [4.78, 5) is 11.1. The van der Waals surface area contributed by atoms with Crippen LogP contribution in [0.1, 0.15) is 24.4 Å². The summed E-state index contributed by atoms with van der Waals surface area (Å²) in [6.45, 7) is 0. The molecular formula is C10H10BrFN2O. The maximum absolute atomic E-state index is 13.2. The molecule has 1 aromatic rings. The predicted molar refractivity (Wildman–Crippen MR) is 58.6 cm³/mol. The highest BCUT2D eigenvalue weighted by atomic mass is 79.9. The zero-order chi connectivity index (χ0) is 11.0. The highest BCUT2D eigenvalue weighted by Crippen LogP contribution is 2.33. The number of hydrogen-bond acceptors (Lipinski definition) is 2. The van der Waals surface area contributed by atoms with Crippen molar-refractivity contribution in [1.82, 2.24) is 5.32 Å². The van der Waals surface area contributed by atoms with Crippen molar-refractivity contribution in [1.29, 1.82) is 0 Å². The summed E-state index contributed by atoms with van der Waals surface area (Å²) in [5, 5.41) is 2.76. The monoisotopic (exact) mass is 272 g/mol. The van der Waals surface area contributed by atoms with Gasteiger partial charge in [0.2, 0.25) is 5.91 Å². The van der Waals surface area contributed by atoms with E-state index >= 15 is 0 Å². The number of anilines is 1. The zero-order valence-corrected chi connectivity index (χ0v) is 9.47. The van der Waals surface area contributed by atoms with Crippen LogP contribution in [-0.4, -0.2) is 5.91 Å². The largest absolute Gasteiger partial charge is 0.398 e. The van der Waals surface area contributed by atoms with Crippen LogP contribution in [0.2, 0.25) is 0 Å². The number of amides is 1. The molecule has 3 nitrogen and oxygen atoms in total. The number of nitrogen functional groups attached to an aromatic ring is 1. The molecule has 1 atom stereocenters. The van der Waals surface area contributed by atoms with Crippen LogP contribution < -0.4 is 11.1 Å². The second kappa shape index (κ2) is 3.81. The Morgan fingerprint density at radius 1 is 1.53 bits per heavy atom. The maximum atomic E-state index is 13.2. The Morgan fingerprint density at radius 2 is 2.27 bits per heavy atom. The smallest absolute Gasteiger partial charge is 0.220 e. The molecule has 1 aromatic carbocycles. The van der Waals surface area contributed by atoms with Gasteiger partial charge >= 0.3 is 0 Å². The Balaban J connectivity index is 2.39. The van der Waals surface area contributed by atoms with E-state index < -0.39 is 0 Å². The third kappa shape index (κ3) is 1.97. The predicted octanol–water partition coefficient (Wildman–Crippen LogP) is 2.12. The van der Waals surface area contributed by atoms with Gasteiger partial charge in [0.05, 0.1) is 11.7 Å². The Labute approximate surface area is 95.0 Å². The van der Waals surface area contributed by atoms with Crippen molar-refractivity contribution in [3.05, 3.63) is 28.0 Å². The molecule has 0 aliphatic carbocycles. The van der Waals surface area contributed by atoms with E-state index in [1.54, 1.807) is 0 Å². The number of nitrogens with two attached hydrogens (primary N) is 1. The zero-order valence-electron chi connectivity index (χ0n) is 7.89. The van der Waals surface area contributed by atoms with Crippen molar-refractivity contribution in [2.24, 2.45) is 0 Å². The molecule has 15 heavy (non-hydrogen) atoms. The van der Waals surface area contributed by atoms with E-state index in [2.05, 4.69) is 21.2 Å². The minimum Gasteiger partial charge on any atom is -0.398 e. The fraction of sp³-hybridized carbons (Fsp3) is 0.300. The quantitative estimate of drug-likeness (QED) is 0.770. The fourth-order valence-corrected chi connectivity index (χ4v) is 2.19. The van der Waals surface area contributed by atoms with Crippen molar-refractivity contribution >= 4 is 27.5 Å². The number of hydrogen-bond donors (Lipinski definition) is 2. The molecule has 0 bridgehead atoms. The van der Waals surface area contributed by atoms with Gasteiger partial charge in [-0.25, -0.2) is 4.39 Å². The van der Waals surface area contributed by atoms with Gasteiger partial charge in [0, 0.05) is 16.5 Å². The SMILES string of the molecule is Nc1c(Br)cc(F)cc1[C@H]1CCC(=O)N1. The van der Waals surface area contributed by atoms with E-state index in [0.717, 1.165) is 0 Å². The molecule has 0 unspecified atom stereocenters. The Hall–Kier alpha value is -1.10. The molecule has 3 N–H and O–H groups in total. The van der Waals surface area contributed by atoms with Crippen molar-refractivity contribution in [2.75, 3.05) is 5.73 Å².